The zero-order chi connectivity index (χ0) is 14.3. The Kier molecular flexibility index (Phi) is 4.29. The van der Waals surface area contributed by atoms with Gasteiger partial charge in [0, 0.05) is 37.8 Å². The molecule has 0 amide bonds. The van der Waals surface area contributed by atoms with Gasteiger partial charge in [0.25, 0.3) is 0 Å². The molecule has 1 N–H and O–H groups in total. The van der Waals surface area contributed by atoms with E-state index in [1.807, 2.05) is 0 Å². The molecule has 2 rings (SSSR count). The van der Waals surface area contributed by atoms with Crippen LogP contribution >= 0.6 is 0 Å². The van der Waals surface area contributed by atoms with Gasteiger partial charge in [-0.2, -0.15) is 0 Å². The molecule has 2 aliphatic rings. The lowest BCUT2D eigenvalue weighted by Crippen LogP contribution is -2.63. The molecule has 3 nitrogen and oxygen atoms in total. The van der Waals surface area contributed by atoms with Gasteiger partial charge in [0.15, 0.2) is 0 Å². The van der Waals surface area contributed by atoms with E-state index in [1.165, 1.54) is 13.0 Å². The summed E-state index contributed by atoms with van der Waals surface area (Å²) >= 11 is 0. The highest BCUT2D eigenvalue weighted by Gasteiger charge is 2.39. The van der Waals surface area contributed by atoms with E-state index in [0.717, 1.165) is 19.6 Å². The number of ether oxygens (including phenoxy) is 1. The lowest BCUT2D eigenvalue weighted by molar-refractivity contribution is -0.0951. The van der Waals surface area contributed by atoms with Crippen molar-refractivity contribution in [3.05, 3.63) is 0 Å². The Morgan fingerprint density at radius 2 is 1.95 bits per heavy atom. The van der Waals surface area contributed by atoms with Gasteiger partial charge in [0.2, 0.25) is 0 Å². The molecule has 0 radical (unpaired) electrons. The fraction of sp³-hybridized carbons (Fsp3) is 1.00. The maximum Gasteiger partial charge on any atom is 0.0641 e. The first-order valence-electron chi connectivity index (χ1n) is 7.82. The van der Waals surface area contributed by atoms with Crippen LogP contribution in [-0.4, -0.2) is 48.3 Å². The largest absolute Gasteiger partial charge is 0.375 e. The quantitative estimate of drug-likeness (QED) is 0.791. The number of hydrogen-bond donors (Lipinski definition) is 1. The van der Waals surface area contributed by atoms with Crippen LogP contribution in [0.1, 0.15) is 54.4 Å². The molecule has 3 heteroatoms. The highest BCUT2D eigenvalue weighted by atomic mass is 16.5. The van der Waals surface area contributed by atoms with Gasteiger partial charge in [-0.25, -0.2) is 0 Å². The van der Waals surface area contributed by atoms with Crippen molar-refractivity contribution in [1.29, 1.82) is 0 Å². The molecule has 0 spiro atoms. The molecule has 2 aliphatic heterocycles. The summed E-state index contributed by atoms with van der Waals surface area (Å²) in [6, 6.07) is 1.91. The van der Waals surface area contributed by atoms with Gasteiger partial charge in [0.1, 0.15) is 0 Å². The Balaban J connectivity index is 2.04. The summed E-state index contributed by atoms with van der Waals surface area (Å²) in [5.74, 6) is 0. The summed E-state index contributed by atoms with van der Waals surface area (Å²) in [5.41, 5.74) is 0.379. The zero-order valence-electron chi connectivity index (χ0n) is 13.6. The van der Waals surface area contributed by atoms with Gasteiger partial charge in [-0.1, -0.05) is 20.8 Å². The molecule has 2 fully saturated rings. The second-order valence-corrected chi connectivity index (χ2v) is 8.13. The number of nitrogens with zero attached hydrogens (tertiary/aromatic N) is 1. The average molecular weight is 268 g/mol. The van der Waals surface area contributed by atoms with Crippen LogP contribution in [0.25, 0.3) is 0 Å². The number of nitrogens with one attached hydrogen (secondary N) is 1. The molecule has 112 valence electrons. The van der Waals surface area contributed by atoms with Crippen LogP contribution in [0.15, 0.2) is 0 Å². The van der Waals surface area contributed by atoms with E-state index in [1.54, 1.807) is 0 Å². The fourth-order valence-electron chi connectivity index (χ4n) is 3.46. The van der Waals surface area contributed by atoms with E-state index >= 15 is 0 Å². The number of hydrogen-bond acceptors (Lipinski definition) is 3. The monoisotopic (exact) mass is 268 g/mol. The van der Waals surface area contributed by atoms with Crippen molar-refractivity contribution in [1.82, 2.24) is 10.2 Å². The van der Waals surface area contributed by atoms with Crippen LogP contribution in [0.3, 0.4) is 0 Å². The smallest absolute Gasteiger partial charge is 0.0641 e. The van der Waals surface area contributed by atoms with Crippen LogP contribution in [0.4, 0.5) is 0 Å². The minimum absolute atomic E-state index is 0.0464. The molecular weight excluding hydrogens is 236 g/mol. The predicted molar refractivity (Wildman–Crippen MR) is 80.5 cm³/mol. The molecule has 0 saturated carbocycles. The minimum atomic E-state index is 0.0464. The third-order valence-electron chi connectivity index (χ3n) is 4.80. The Hall–Kier alpha value is -0.120. The maximum absolute atomic E-state index is 5.87. The van der Waals surface area contributed by atoms with Crippen molar-refractivity contribution in [2.24, 2.45) is 5.41 Å². The lowest BCUT2D eigenvalue weighted by Gasteiger charge is -2.50. The summed E-state index contributed by atoms with van der Waals surface area (Å²) in [6.45, 7) is 17.0. The van der Waals surface area contributed by atoms with E-state index in [-0.39, 0.29) is 5.60 Å². The van der Waals surface area contributed by atoms with Crippen molar-refractivity contribution in [2.75, 3.05) is 19.7 Å². The van der Waals surface area contributed by atoms with Crippen LogP contribution in [0, 0.1) is 5.41 Å². The van der Waals surface area contributed by atoms with E-state index in [9.17, 15) is 0 Å². The first kappa shape index (κ1) is 15.3. The van der Waals surface area contributed by atoms with Gasteiger partial charge in [-0.05, 0) is 39.0 Å². The molecule has 2 saturated heterocycles. The third kappa shape index (κ3) is 3.71. The second-order valence-electron chi connectivity index (χ2n) is 8.13. The molecule has 19 heavy (non-hydrogen) atoms. The molecule has 2 heterocycles. The van der Waals surface area contributed by atoms with Crippen LogP contribution in [0.2, 0.25) is 0 Å². The Morgan fingerprint density at radius 1 is 1.26 bits per heavy atom. The molecule has 3 unspecified atom stereocenters. The number of rotatable bonds is 1. The van der Waals surface area contributed by atoms with Crippen LogP contribution in [-0.2, 0) is 4.74 Å². The summed E-state index contributed by atoms with van der Waals surface area (Å²) in [7, 11) is 0. The Morgan fingerprint density at radius 3 is 2.53 bits per heavy atom. The summed E-state index contributed by atoms with van der Waals surface area (Å²) in [5, 5.41) is 3.73. The van der Waals surface area contributed by atoms with E-state index in [4.69, 9.17) is 4.74 Å². The molecule has 3 atom stereocenters. The number of piperazine rings is 1. The molecule has 0 aliphatic carbocycles. The predicted octanol–water partition coefficient (Wildman–Crippen LogP) is 2.65. The Bertz CT molecular complexity index is 305. The maximum atomic E-state index is 5.87. The van der Waals surface area contributed by atoms with Crippen molar-refractivity contribution < 1.29 is 4.74 Å². The Labute approximate surface area is 119 Å². The van der Waals surface area contributed by atoms with Gasteiger partial charge < -0.3 is 10.1 Å². The minimum Gasteiger partial charge on any atom is -0.375 e. The molecule has 0 aromatic rings. The average Bonchev–Trinajstić information content (AvgIpc) is 2.26. The van der Waals surface area contributed by atoms with Gasteiger partial charge >= 0.3 is 0 Å². The standard InChI is InChI=1S/C16H32N2O/c1-12-10-17-14(15(2,3)4)11-18(12)13-7-8-19-16(5,6)9-13/h12-14,17H,7-11H2,1-6H3. The van der Waals surface area contributed by atoms with Gasteiger partial charge in [-0.3, -0.25) is 4.90 Å². The molecule has 0 aromatic heterocycles. The highest BCUT2D eigenvalue weighted by Crippen LogP contribution is 2.31. The van der Waals surface area contributed by atoms with Gasteiger partial charge in [-0.15, -0.1) is 0 Å². The normalized spacial score (nSPS) is 37.3. The van der Waals surface area contributed by atoms with E-state index in [0.29, 0.717) is 23.5 Å². The van der Waals surface area contributed by atoms with Crippen LogP contribution in [0.5, 0.6) is 0 Å². The van der Waals surface area contributed by atoms with E-state index in [2.05, 4.69) is 51.8 Å². The SMILES string of the molecule is CC1CNC(C(C)(C)C)CN1C1CCOC(C)(C)C1. The topological polar surface area (TPSA) is 24.5 Å². The highest BCUT2D eigenvalue weighted by molar-refractivity contribution is 4.95. The van der Waals surface area contributed by atoms with Crippen molar-refractivity contribution in [3.8, 4) is 0 Å². The first-order valence-corrected chi connectivity index (χ1v) is 7.82. The molecule has 0 bridgehead atoms. The van der Waals surface area contributed by atoms with Gasteiger partial charge in [0.05, 0.1) is 5.60 Å². The lowest BCUT2D eigenvalue weighted by atomic mass is 9.83. The summed E-state index contributed by atoms with van der Waals surface area (Å²) in [6.07, 6.45) is 2.35. The van der Waals surface area contributed by atoms with E-state index < -0.39 is 0 Å². The van der Waals surface area contributed by atoms with Crippen molar-refractivity contribution >= 4 is 0 Å². The van der Waals surface area contributed by atoms with Crippen LogP contribution < -0.4 is 5.32 Å². The van der Waals surface area contributed by atoms with Crippen molar-refractivity contribution in [2.45, 2.75) is 78.1 Å². The molecule has 0 aromatic carbocycles. The zero-order valence-corrected chi connectivity index (χ0v) is 13.6. The summed E-state index contributed by atoms with van der Waals surface area (Å²) < 4.78 is 5.87. The third-order valence-corrected chi connectivity index (χ3v) is 4.80. The summed E-state index contributed by atoms with van der Waals surface area (Å²) in [4.78, 5) is 2.73. The fourth-order valence-corrected chi connectivity index (χ4v) is 3.46. The second kappa shape index (κ2) is 5.34. The van der Waals surface area contributed by atoms with Crippen molar-refractivity contribution in [3.63, 3.8) is 0 Å². The molecular formula is C16H32N2O. The first-order chi connectivity index (χ1) is 8.69.